The van der Waals surface area contributed by atoms with Gasteiger partial charge in [-0.05, 0) is 39.2 Å². The molecule has 1 unspecified atom stereocenters. The van der Waals surface area contributed by atoms with Gasteiger partial charge in [-0.15, -0.1) is 0 Å². The van der Waals surface area contributed by atoms with E-state index in [2.05, 4.69) is 17.3 Å². The van der Waals surface area contributed by atoms with Crippen molar-refractivity contribution in [1.82, 2.24) is 15.1 Å². The van der Waals surface area contributed by atoms with Gasteiger partial charge in [-0.2, -0.15) is 5.10 Å². The van der Waals surface area contributed by atoms with Gasteiger partial charge in [0.25, 0.3) is 0 Å². The van der Waals surface area contributed by atoms with Gasteiger partial charge in [-0.25, -0.2) is 0 Å². The number of nitrogens with zero attached hydrogens (tertiary/aromatic N) is 2. The quantitative estimate of drug-likeness (QED) is 0.831. The third-order valence-corrected chi connectivity index (χ3v) is 4.44. The molecule has 102 valence electrons. The van der Waals surface area contributed by atoms with E-state index < -0.39 is 0 Å². The van der Waals surface area contributed by atoms with Crippen LogP contribution in [0.1, 0.15) is 31.2 Å². The second kappa shape index (κ2) is 5.19. The number of rotatable bonds is 6. The van der Waals surface area contributed by atoms with Gasteiger partial charge in [0.1, 0.15) is 0 Å². The molecule has 0 aromatic carbocycles. The molecule has 1 saturated carbocycles. The summed E-state index contributed by atoms with van der Waals surface area (Å²) in [5.74, 6) is 0.546. The molecular formula is C13H22ClN3O. The number of hydrogen-bond donors (Lipinski definition) is 2. The maximum atomic E-state index is 9.81. The van der Waals surface area contributed by atoms with Crippen LogP contribution in [0.2, 0.25) is 5.02 Å². The molecule has 0 bridgehead atoms. The lowest BCUT2D eigenvalue weighted by Gasteiger charge is -2.33. The summed E-state index contributed by atoms with van der Waals surface area (Å²) in [5, 5.41) is 18.5. The monoisotopic (exact) mass is 271 g/mol. The Morgan fingerprint density at radius 1 is 1.50 bits per heavy atom. The number of halogens is 1. The number of aliphatic hydroxyl groups excluding tert-OH is 1. The Hall–Kier alpha value is -0.580. The largest absolute Gasteiger partial charge is 0.394 e. The molecule has 18 heavy (non-hydrogen) atoms. The minimum atomic E-state index is -0.249. The Morgan fingerprint density at radius 2 is 2.17 bits per heavy atom. The summed E-state index contributed by atoms with van der Waals surface area (Å²) in [4.78, 5) is 0. The molecule has 2 rings (SSSR count). The molecule has 1 aliphatic rings. The number of nitrogens with one attached hydrogen (secondary N) is 1. The molecule has 1 aliphatic carbocycles. The average Bonchev–Trinajstić information content (AvgIpc) is 3.16. The molecule has 0 saturated heterocycles. The van der Waals surface area contributed by atoms with Crippen molar-refractivity contribution in [3.8, 4) is 0 Å². The van der Waals surface area contributed by atoms with Gasteiger partial charge in [0.05, 0.1) is 35.1 Å². The Balaban J connectivity index is 2.25. The van der Waals surface area contributed by atoms with Gasteiger partial charge in [-0.3, -0.25) is 4.68 Å². The molecule has 0 radical (unpaired) electrons. The highest BCUT2D eigenvalue weighted by Gasteiger charge is 2.45. The van der Waals surface area contributed by atoms with Crippen LogP contribution in [0.4, 0.5) is 0 Å². The van der Waals surface area contributed by atoms with E-state index in [1.807, 2.05) is 18.5 Å². The number of aryl methyl sites for hydroxylation is 1. The second-order valence-electron chi connectivity index (χ2n) is 5.26. The Morgan fingerprint density at radius 3 is 2.56 bits per heavy atom. The Kier molecular flexibility index (Phi) is 3.99. The van der Waals surface area contributed by atoms with Gasteiger partial charge < -0.3 is 10.4 Å². The Bertz CT molecular complexity index is 428. The first kappa shape index (κ1) is 13.8. The van der Waals surface area contributed by atoms with Crippen LogP contribution in [0.15, 0.2) is 0 Å². The molecule has 0 aliphatic heterocycles. The van der Waals surface area contributed by atoms with E-state index in [0.29, 0.717) is 12.5 Å². The number of hydrogen-bond acceptors (Lipinski definition) is 3. The lowest BCUT2D eigenvalue weighted by atomic mass is 9.94. The summed E-state index contributed by atoms with van der Waals surface area (Å²) in [5.41, 5.74) is 1.58. The minimum Gasteiger partial charge on any atom is -0.394 e. The molecular weight excluding hydrogens is 250 g/mol. The van der Waals surface area contributed by atoms with Crippen molar-refractivity contribution in [3.63, 3.8) is 0 Å². The zero-order valence-corrected chi connectivity index (χ0v) is 12.1. The van der Waals surface area contributed by atoms with Crippen LogP contribution < -0.4 is 5.32 Å². The highest BCUT2D eigenvalue weighted by Crippen LogP contribution is 2.40. The van der Waals surface area contributed by atoms with Crippen molar-refractivity contribution in [2.45, 2.75) is 45.7 Å². The van der Waals surface area contributed by atoms with E-state index in [9.17, 15) is 5.11 Å². The predicted octanol–water partition coefficient (Wildman–Crippen LogP) is 1.90. The fourth-order valence-corrected chi connectivity index (χ4v) is 2.78. The predicted molar refractivity (Wildman–Crippen MR) is 72.9 cm³/mol. The summed E-state index contributed by atoms with van der Waals surface area (Å²) >= 11 is 6.18. The Labute approximate surface area is 113 Å². The standard InChI is InChI=1S/C13H22ClN3O/c1-4-15-13(8-18,11-5-6-11)7-17-10(3)12(14)9(2)16-17/h11,15,18H,4-8H2,1-3H3. The molecule has 4 nitrogen and oxygen atoms in total. The fourth-order valence-electron chi connectivity index (χ4n) is 2.65. The van der Waals surface area contributed by atoms with E-state index in [-0.39, 0.29) is 12.1 Å². The first-order valence-corrected chi connectivity index (χ1v) is 6.97. The van der Waals surface area contributed by atoms with Gasteiger partial charge in [0, 0.05) is 0 Å². The molecule has 1 atom stereocenters. The first-order chi connectivity index (χ1) is 8.54. The van der Waals surface area contributed by atoms with Gasteiger partial charge in [0.15, 0.2) is 0 Å². The maximum absolute atomic E-state index is 9.81. The topological polar surface area (TPSA) is 50.1 Å². The van der Waals surface area contributed by atoms with Crippen LogP contribution >= 0.6 is 11.6 Å². The highest BCUT2D eigenvalue weighted by atomic mass is 35.5. The van der Waals surface area contributed by atoms with E-state index >= 15 is 0 Å². The van der Waals surface area contributed by atoms with E-state index in [1.54, 1.807) is 0 Å². The van der Waals surface area contributed by atoms with E-state index in [4.69, 9.17) is 11.6 Å². The molecule has 5 heteroatoms. The van der Waals surface area contributed by atoms with Crippen LogP contribution in [-0.2, 0) is 6.54 Å². The maximum Gasteiger partial charge on any atom is 0.0844 e. The van der Waals surface area contributed by atoms with Crippen LogP contribution in [-0.4, -0.2) is 33.6 Å². The van der Waals surface area contributed by atoms with Crippen molar-refractivity contribution >= 4 is 11.6 Å². The zero-order valence-electron chi connectivity index (χ0n) is 11.3. The van der Waals surface area contributed by atoms with Crippen LogP contribution in [0.25, 0.3) is 0 Å². The molecule has 0 spiro atoms. The smallest absolute Gasteiger partial charge is 0.0844 e. The number of aromatic nitrogens is 2. The van der Waals surface area contributed by atoms with Gasteiger partial charge in [0.2, 0.25) is 0 Å². The van der Waals surface area contributed by atoms with E-state index in [1.165, 1.54) is 12.8 Å². The third kappa shape index (κ3) is 2.42. The molecule has 0 amide bonds. The lowest BCUT2D eigenvalue weighted by molar-refractivity contribution is 0.119. The van der Waals surface area contributed by atoms with Crippen molar-refractivity contribution < 1.29 is 5.11 Å². The van der Waals surface area contributed by atoms with E-state index in [0.717, 1.165) is 23.0 Å². The molecule has 1 heterocycles. The second-order valence-corrected chi connectivity index (χ2v) is 5.64. The van der Waals surface area contributed by atoms with Gasteiger partial charge in [-0.1, -0.05) is 18.5 Å². The van der Waals surface area contributed by atoms with Crippen molar-refractivity contribution in [2.24, 2.45) is 5.92 Å². The first-order valence-electron chi connectivity index (χ1n) is 6.59. The fraction of sp³-hybridized carbons (Fsp3) is 0.769. The van der Waals surface area contributed by atoms with Crippen molar-refractivity contribution in [1.29, 1.82) is 0 Å². The van der Waals surface area contributed by atoms with Crippen LogP contribution in [0, 0.1) is 19.8 Å². The van der Waals surface area contributed by atoms with Crippen LogP contribution in [0.3, 0.4) is 0 Å². The normalized spacial score (nSPS) is 18.9. The van der Waals surface area contributed by atoms with Crippen LogP contribution in [0.5, 0.6) is 0 Å². The average molecular weight is 272 g/mol. The summed E-state index contributed by atoms with van der Waals surface area (Å²) in [6, 6.07) is 0. The summed E-state index contributed by atoms with van der Waals surface area (Å²) in [7, 11) is 0. The summed E-state index contributed by atoms with van der Waals surface area (Å²) in [6.45, 7) is 7.63. The lowest BCUT2D eigenvalue weighted by Crippen LogP contribution is -2.54. The number of aliphatic hydroxyl groups is 1. The van der Waals surface area contributed by atoms with Crippen molar-refractivity contribution in [3.05, 3.63) is 16.4 Å². The SMILES string of the molecule is CCNC(CO)(Cn1nc(C)c(Cl)c1C)C1CC1. The summed E-state index contributed by atoms with van der Waals surface area (Å²) in [6.07, 6.45) is 2.36. The summed E-state index contributed by atoms with van der Waals surface area (Å²) < 4.78 is 1.93. The molecule has 1 fully saturated rings. The minimum absolute atomic E-state index is 0.140. The molecule has 1 aromatic rings. The zero-order chi connectivity index (χ0) is 13.3. The molecule has 2 N–H and O–H groups in total. The van der Waals surface area contributed by atoms with Crippen molar-refractivity contribution in [2.75, 3.05) is 13.2 Å². The molecule has 1 aromatic heterocycles. The highest BCUT2D eigenvalue weighted by molar-refractivity contribution is 6.31. The van der Waals surface area contributed by atoms with Gasteiger partial charge >= 0.3 is 0 Å². The number of likely N-dealkylation sites (N-methyl/N-ethyl adjacent to an activating group) is 1. The third-order valence-electron chi connectivity index (χ3n) is 3.89.